The summed E-state index contributed by atoms with van der Waals surface area (Å²) in [7, 11) is 0. The number of amides is 2. The molecule has 2 aromatic carbocycles. The zero-order valence-electron chi connectivity index (χ0n) is 18.3. The maximum atomic E-state index is 14.2. The molecule has 2 rings (SSSR count). The number of ketones is 2. The zero-order chi connectivity index (χ0) is 27.7. The summed E-state index contributed by atoms with van der Waals surface area (Å²) in [5, 5.41) is 2.32. The first-order valence-electron chi connectivity index (χ1n) is 9.72. The predicted molar refractivity (Wildman–Crippen MR) is 110 cm³/mol. The number of anilines is 2. The number of alkyl halides is 8. The van der Waals surface area contributed by atoms with E-state index in [2.05, 4.69) is 0 Å². The summed E-state index contributed by atoms with van der Waals surface area (Å²) >= 11 is 0. The summed E-state index contributed by atoms with van der Waals surface area (Å²) in [6, 6.07) is 7.58. The molecule has 6 nitrogen and oxygen atoms in total. The number of hydrogen-bond acceptors (Lipinski definition) is 4. The number of halogens is 8. The first-order valence-corrected chi connectivity index (χ1v) is 9.72. The molecule has 0 saturated carbocycles. The van der Waals surface area contributed by atoms with E-state index in [0.29, 0.717) is 0 Å². The second kappa shape index (κ2) is 9.66. The van der Waals surface area contributed by atoms with Crippen molar-refractivity contribution in [2.75, 3.05) is 10.6 Å². The molecule has 14 heteroatoms. The van der Waals surface area contributed by atoms with Crippen LogP contribution in [0.25, 0.3) is 0 Å². The fourth-order valence-corrected chi connectivity index (χ4v) is 2.73. The zero-order valence-corrected chi connectivity index (χ0v) is 18.3. The molecule has 0 bridgehead atoms. The molecule has 0 aliphatic heterocycles. The van der Waals surface area contributed by atoms with Crippen LogP contribution in [0, 0.1) is 0 Å². The van der Waals surface area contributed by atoms with Crippen LogP contribution in [-0.2, 0) is 9.59 Å². The Bertz CT molecular complexity index is 1120. The summed E-state index contributed by atoms with van der Waals surface area (Å²) in [6.07, 6.45) is 0. The van der Waals surface area contributed by atoms with Gasteiger partial charge in [0.1, 0.15) is 0 Å². The second-order valence-electron chi connectivity index (χ2n) is 7.48. The second-order valence-corrected chi connectivity index (χ2v) is 7.48. The normalized spacial score (nSPS) is 12.6. The van der Waals surface area contributed by atoms with Gasteiger partial charge in [-0.25, -0.2) is 0 Å². The van der Waals surface area contributed by atoms with Crippen LogP contribution in [0.15, 0.2) is 48.5 Å². The number of nitrogens with one attached hydrogen (secondary N) is 2. The van der Waals surface area contributed by atoms with Crippen LogP contribution >= 0.6 is 0 Å². The summed E-state index contributed by atoms with van der Waals surface area (Å²) in [5.74, 6) is -34.5. The molecule has 0 heterocycles. The monoisotopic (exact) mass is 524 g/mol. The lowest BCUT2D eigenvalue weighted by Gasteiger charge is -2.35. The van der Waals surface area contributed by atoms with Gasteiger partial charge in [-0.05, 0) is 38.1 Å². The minimum absolute atomic E-state index is 0.176. The molecule has 0 fully saturated rings. The molecule has 194 valence electrons. The summed E-state index contributed by atoms with van der Waals surface area (Å²) in [6.45, 7) is 2.07. The molecule has 0 atom stereocenters. The molecule has 36 heavy (non-hydrogen) atoms. The SMILES string of the molecule is CC(=O)c1cccc(NC(=O)C(F)(F)C(F)(F)C(F)(F)C(F)(F)C(=O)Nc2cccc(C(C)=O)c2)c1. The Hall–Kier alpha value is -3.84. The van der Waals surface area contributed by atoms with E-state index in [0.717, 1.165) is 73.0 Å². The van der Waals surface area contributed by atoms with Gasteiger partial charge in [-0.1, -0.05) is 24.3 Å². The standard InChI is InChI=1S/C22H16F8N2O4/c1-11(33)13-5-3-7-15(9-13)31-17(35)19(23,24)21(27,28)22(29,30)20(25,26)18(36)32-16-8-4-6-14(10-16)12(2)34/h3-10H,1-2H3,(H,31,35)(H,32,36). The summed E-state index contributed by atoms with van der Waals surface area (Å²) < 4.78 is 113. The molecule has 0 aromatic heterocycles. The highest BCUT2D eigenvalue weighted by Gasteiger charge is 2.84. The Morgan fingerprint density at radius 3 is 1.17 bits per heavy atom. The number of rotatable bonds is 9. The third-order valence-electron chi connectivity index (χ3n) is 4.81. The van der Waals surface area contributed by atoms with E-state index in [-0.39, 0.29) is 11.1 Å². The van der Waals surface area contributed by atoms with Crippen molar-refractivity contribution in [3.63, 3.8) is 0 Å². The summed E-state index contributed by atoms with van der Waals surface area (Å²) in [5.41, 5.74) is -1.74. The molecule has 0 unspecified atom stereocenters. The number of carbonyl (C=O) groups is 4. The molecule has 0 radical (unpaired) electrons. The van der Waals surface area contributed by atoms with Crippen LogP contribution < -0.4 is 10.6 Å². The van der Waals surface area contributed by atoms with Crippen LogP contribution in [0.3, 0.4) is 0 Å². The fourth-order valence-electron chi connectivity index (χ4n) is 2.73. The molecule has 0 aliphatic rings. The number of carbonyl (C=O) groups excluding carboxylic acids is 4. The van der Waals surface area contributed by atoms with Crippen molar-refractivity contribution in [1.82, 2.24) is 0 Å². The third kappa shape index (κ3) is 5.06. The third-order valence-corrected chi connectivity index (χ3v) is 4.81. The van der Waals surface area contributed by atoms with Gasteiger partial charge in [0, 0.05) is 22.5 Å². The van der Waals surface area contributed by atoms with Gasteiger partial charge >= 0.3 is 35.5 Å². The Kier molecular flexibility index (Phi) is 7.62. The van der Waals surface area contributed by atoms with Crippen LogP contribution in [0.5, 0.6) is 0 Å². The van der Waals surface area contributed by atoms with Gasteiger partial charge in [0.15, 0.2) is 11.6 Å². The number of hydrogen-bond donors (Lipinski definition) is 2. The molecule has 2 aromatic rings. The van der Waals surface area contributed by atoms with Crippen LogP contribution in [0.2, 0.25) is 0 Å². The maximum Gasteiger partial charge on any atom is 0.393 e. The van der Waals surface area contributed by atoms with Crippen molar-refractivity contribution < 1.29 is 54.3 Å². The highest BCUT2D eigenvalue weighted by Crippen LogP contribution is 2.53. The van der Waals surface area contributed by atoms with Crippen molar-refractivity contribution in [2.45, 2.75) is 37.5 Å². The molecule has 2 amide bonds. The minimum atomic E-state index is -7.08. The van der Waals surface area contributed by atoms with Gasteiger partial charge in [0.2, 0.25) is 0 Å². The smallest absolute Gasteiger partial charge is 0.321 e. The largest absolute Gasteiger partial charge is 0.393 e. The Labute approximate surface area is 197 Å². The van der Waals surface area contributed by atoms with E-state index >= 15 is 0 Å². The van der Waals surface area contributed by atoms with Crippen molar-refractivity contribution >= 4 is 34.8 Å². The van der Waals surface area contributed by atoms with E-state index < -0.39 is 58.4 Å². The fraction of sp³-hybridized carbons (Fsp3) is 0.273. The first kappa shape index (κ1) is 28.4. The Morgan fingerprint density at radius 2 is 0.889 bits per heavy atom. The van der Waals surface area contributed by atoms with Gasteiger partial charge in [0.25, 0.3) is 0 Å². The Morgan fingerprint density at radius 1 is 0.583 bits per heavy atom. The Balaban J connectivity index is 2.34. The van der Waals surface area contributed by atoms with Gasteiger partial charge in [-0.3, -0.25) is 19.2 Å². The first-order chi connectivity index (χ1) is 16.4. The van der Waals surface area contributed by atoms with Crippen LogP contribution in [0.4, 0.5) is 46.5 Å². The van der Waals surface area contributed by atoms with Crippen molar-refractivity contribution in [1.29, 1.82) is 0 Å². The summed E-state index contributed by atoms with van der Waals surface area (Å²) in [4.78, 5) is 46.1. The van der Waals surface area contributed by atoms with E-state index in [9.17, 15) is 54.3 Å². The van der Waals surface area contributed by atoms with E-state index in [4.69, 9.17) is 0 Å². The topological polar surface area (TPSA) is 92.3 Å². The van der Waals surface area contributed by atoms with E-state index in [1.54, 1.807) is 0 Å². The van der Waals surface area contributed by atoms with Crippen LogP contribution in [0.1, 0.15) is 34.6 Å². The highest BCUT2D eigenvalue weighted by atomic mass is 19.4. The van der Waals surface area contributed by atoms with E-state index in [1.807, 2.05) is 0 Å². The molecule has 0 spiro atoms. The molecule has 0 saturated heterocycles. The van der Waals surface area contributed by atoms with Crippen molar-refractivity contribution in [3.05, 3.63) is 59.7 Å². The quantitative estimate of drug-likeness (QED) is 0.348. The maximum absolute atomic E-state index is 14.2. The van der Waals surface area contributed by atoms with E-state index in [1.165, 1.54) is 0 Å². The van der Waals surface area contributed by atoms with Gasteiger partial charge in [-0.15, -0.1) is 0 Å². The molecule has 2 N–H and O–H groups in total. The van der Waals surface area contributed by atoms with Gasteiger partial charge in [0.05, 0.1) is 0 Å². The lowest BCUT2D eigenvalue weighted by molar-refractivity contribution is -0.345. The lowest BCUT2D eigenvalue weighted by atomic mass is 9.97. The lowest BCUT2D eigenvalue weighted by Crippen LogP contribution is -2.67. The van der Waals surface area contributed by atoms with Gasteiger partial charge < -0.3 is 10.6 Å². The molecule has 0 aliphatic carbocycles. The highest BCUT2D eigenvalue weighted by molar-refractivity contribution is 6.01. The molecular weight excluding hydrogens is 508 g/mol. The van der Waals surface area contributed by atoms with Crippen LogP contribution in [-0.4, -0.2) is 47.1 Å². The predicted octanol–water partition coefficient (Wildman–Crippen LogP) is 5.21. The average Bonchev–Trinajstić information content (AvgIpc) is 2.78. The van der Waals surface area contributed by atoms with Gasteiger partial charge in [-0.2, -0.15) is 35.1 Å². The van der Waals surface area contributed by atoms with Crippen molar-refractivity contribution in [3.8, 4) is 0 Å². The average molecular weight is 524 g/mol. The minimum Gasteiger partial charge on any atom is -0.321 e. The van der Waals surface area contributed by atoms with Crippen molar-refractivity contribution in [2.24, 2.45) is 0 Å². The number of benzene rings is 2. The number of Topliss-reactive ketones (excluding diaryl/α,β-unsaturated/α-hetero) is 2. The molecular formula is C22H16F8N2O4.